The zero-order valence-corrected chi connectivity index (χ0v) is 18.6. The molecule has 0 radical (unpaired) electrons. The van der Waals surface area contributed by atoms with E-state index in [0.717, 1.165) is 16.7 Å². The highest BCUT2D eigenvalue weighted by atomic mass is 32.1. The predicted molar refractivity (Wildman–Crippen MR) is 126 cm³/mol. The summed E-state index contributed by atoms with van der Waals surface area (Å²) in [6.45, 7) is 5.62. The van der Waals surface area contributed by atoms with Crippen LogP contribution in [0.1, 0.15) is 37.5 Å². The fourth-order valence-electron chi connectivity index (χ4n) is 3.63. The molecule has 156 valence electrons. The van der Waals surface area contributed by atoms with E-state index in [9.17, 15) is 4.79 Å². The summed E-state index contributed by atoms with van der Waals surface area (Å²) in [5, 5.41) is 3.64. The minimum absolute atomic E-state index is 0.309. The van der Waals surface area contributed by atoms with E-state index in [1.165, 1.54) is 0 Å². The Balaban J connectivity index is 2.19. The van der Waals surface area contributed by atoms with E-state index in [1.54, 1.807) is 0 Å². The van der Waals surface area contributed by atoms with Gasteiger partial charge < -0.3 is 4.74 Å². The zero-order valence-electron chi connectivity index (χ0n) is 17.7. The molecule has 0 amide bonds. The van der Waals surface area contributed by atoms with E-state index in [0.29, 0.717) is 5.75 Å². The monoisotopic (exact) mass is 419 g/mol. The van der Waals surface area contributed by atoms with Gasteiger partial charge in [0, 0.05) is 5.75 Å². The number of thiol groups is 1. The third-order valence-corrected chi connectivity index (χ3v) is 5.25. The third kappa shape index (κ3) is 4.94. The van der Waals surface area contributed by atoms with Crippen molar-refractivity contribution in [3.8, 4) is 0 Å². The SMILES string of the molecule is CC(C)(C)OC(=O)[C@@H](CS)NC(c1ccccc1)(c1ccccc1)c1ccccc1. The quantitative estimate of drug-likeness (QED) is 0.314. The van der Waals surface area contributed by atoms with Gasteiger partial charge in [-0.3, -0.25) is 10.1 Å². The average molecular weight is 420 g/mol. The lowest BCUT2D eigenvalue weighted by molar-refractivity contribution is -0.157. The molecule has 3 aromatic rings. The number of rotatable bonds is 7. The molecule has 0 saturated carbocycles. The van der Waals surface area contributed by atoms with E-state index in [4.69, 9.17) is 4.74 Å². The van der Waals surface area contributed by atoms with Gasteiger partial charge in [-0.05, 0) is 37.5 Å². The molecule has 1 atom stereocenters. The molecule has 3 rings (SSSR count). The average Bonchev–Trinajstić information content (AvgIpc) is 2.75. The van der Waals surface area contributed by atoms with Crippen LogP contribution in [0.15, 0.2) is 91.0 Å². The third-order valence-electron chi connectivity index (χ3n) is 4.89. The number of carbonyl (C=O) groups is 1. The molecule has 0 aliphatic carbocycles. The van der Waals surface area contributed by atoms with Gasteiger partial charge in [0.1, 0.15) is 11.6 Å². The Bertz CT molecular complexity index is 840. The van der Waals surface area contributed by atoms with Crippen LogP contribution in [-0.2, 0) is 15.1 Å². The van der Waals surface area contributed by atoms with Crippen LogP contribution in [0, 0.1) is 0 Å². The Hall–Kier alpha value is -2.56. The van der Waals surface area contributed by atoms with Crippen LogP contribution < -0.4 is 5.32 Å². The lowest BCUT2D eigenvalue weighted by atomic mass is 9.76. The molecule has 0 spiro atoms. The Labute approximate surface area is 184 Å². The summed E-state index contributed by atoms with van der Waals surface area (Å²) in [4.78, 5) is 13.0. The maximum atomic E-state index is 13.0. The van der Waals surface area contributed by atoms with Crippen LogP contribution in [0.3, 0.4) is 0 Å². The van der Waals surface area contributed by atoms with E-state index < -0.39 is 17.2 Å². The van der Waals surface area contributed by atoms with Gasteiger partial charge in [0.05, 0.1) is 5.54 Å². The lowest BCUT2D eigenvalue weighted by Gasteiger charge is -2.39. The molecular weight excluding hydrogens is 390 g/mol. The Morgan fingerprint density at radius 1 is 0.800 bits per heavy atom. The standard InChI is InChI=1S/C26H29NO2S/c1-25(2,3)29-24(28)23(19-30)27-26(20-13-7-4-8-14-20,21-15-9-5-10-16-21)22-17-11-6-12-18-22/h4-18,23,27,30H,19H2,1-3H3/t23-/m1/s1. The second kappa shape index (κ2) is 9.50. The van der Waals surface area contributed by atoms with Crippen LogP contribution >= 0.6 is 12.6 Å². The van der Waals surface area contributed by atoms with Crippen LogP contribution in [0.4, 0.5) is 0 Å². The highest BCUT2D eigenvalue weighted by Crippen LogP contribution is 2.37. The molecule has 0 bridgehead atoms. The topological polar surface area (TPSA) is 38.3 Å². The molecule has 0 aromatic heterocycles. The molecule has 3 nitrogen and oxygen atoms in total. The minimum Gasteiger partial charge on any atom is -0.459 e. The largest absolute Gasteiger partial charge is 0.459 e. The van der Waals surface area contributed by atoms with Crippen molar-refractivity contribution in [2.45, 2.75) is 38.0 Å². The highest BCUT2D eigenvalue weighted by Gasteiger charge is 2.40. The van der Waals surface area contributed by atoms with Crippen LogP contribution in [0.25, 0.3) is 0 Å². The van der Waals surface area contributed by atoms with Gasteiger partial charge in [-0.1, -0.05) is 91.0 Å². The molecule has 0 aliphatic heterocycles. The second-order valence-electron chi connectivity index (χ2n) is 8.26. The number of benzene rings is 3. The first-order valence-electron chi connectivity index (χ1n) is 10.1. The number of hydrogen-bond acceptors (Lipinski definition) is 4. The summed E-state index contributed by atoms with van der Waals surface area (Å²) in [7, 11) is 0. The van der Waals surface area contributed by atoms with Crippen molar-refractivity contribution in [1.29, 1.82) is 0 Å². The minimum atomic E-state index is -0.742. The van der Waals surface area contributed by atoms with Crippen LogP contribution in [0.5, 0.6) is 0 Å². The lowest BCUT2D eigenvalue weighted by Crippen LogP contribution is -2.54. The smallest absolute Gasteiger partial charge is 0.324 e. The van der Waals surface area contributed by atoms with Crippen molar-refractivity contribution >= 4 is 18.6 Å². The molecule has 30 heavy (non-hydrogen) atoms. The summed E-state index contributed by atoms with van der Waals surface area (Å²) in [6.07, 6.45) is 0. The first kappa shape index (κ1) is 22.1. The molecule has 0 fully saturated rings. The van der Waals surface area contributed by atoms with E-state index in [2.05, 4.69) is 54.3 Å². The maximum Gasteiger partial charge on any atom is 0.324 e. The molecule has 4 heteroatoms. The Morgan fingerprint density at radius 3 is 1.47 bits per heavy atom. The van der Waals surface area contributed by atoms with Crippen molar-refractivity contribution in [2.24, 2.45) is 0 Å². The first-order chi connectivity index (χ1) is 14.4. The van der Waals surface area contributed by atoms with Crippen LogP contribution in [-0.4, -0.2) is 23.4 Å². The molecule has 0 saturated heterocycles. The number of esters is 1. The van der Waals surface area contributed by atoms with Gasteiger partial charge in [-0.15, -0.1) is 0 Å². The maximum absolute atomic E-state index is 13.0. The molecule has 0 unspecified atom stereocenters. The number of nitrogens with one attached hydrogen (secondary N) is 1. The number of carbonyl (C=O) groups excluding carboxylic acids is 1. The fourth-order valence-corrected chi connectivity index (χ4v) is 3.87. The van der Waals surface area contributed by atoms with Gasteiger partial charge in [0.25, 0.3) is 0 Å². The highest BCUT2D eigenvalue weighted by molar-refractivity contribution is 7.80. The van der Waals surface area contributed by atoms with Gasteiger partial charge >= 0.3 is 5.97 Å². The summed E-state index contributed by atoms with van der Waals surface area (Å²) in [5.74, 6) is -0.00643. The predicted octanol–water partition coefficient (Wildman–Crippen LogP) is 5.21. The van der Waals surface area contributed by atoms with Gasteiger partial charge in [0.2, 0.25) is 0 Å². The van der Waals surface area contributed by atoms with Gasteiger partial charge in [-0.25, -0.2) is 0 Å². The summed E-state index contributed by atoms with van der Waals surface area (Å²) in [6, 6.07) is 30.0. The van der Waals surface area contributed by atoms with E-state index in [-0.39, 0.29) is 5.97 Å². The summed E-state index contributed by atoms with van der Waals surface area (Å²) < 4.78 is 5.69. The second-order valence-corrected chi connectivity index (χ2v) is 8.63. The van der Waals surface area contributed by atoms with E-state index >= 15 is 0 Å². The molecular formula is C26H29NO2S. The normalized spacial score (nSPS) is 12.9. The van der Waals surface area contributed by atoms with Crippen LogP contribution in [0.2, 0.25) is 0 Å². The zero-order chi connectivity index (χ0) is 21.6. The number of ether oxygens (including phenoxy) is 1. The fraction of sp³-hybridized carbons (Fsp3) is 0.269. The van der Waals surface area contributed by atoms with Gasteiger partial charge in [-0.2, -0.15) is 12.6 Å². The van der Waals surface area contributed by atoms with Crippen molar-refractivity contribution in [3.63, 3.8) is 0 Å². The van der Waals surface area contributed by atoms with E-state index in [1.807, 2.05) is 75.4 Å². The summed E-state index contributed by atoms with van der Waals surface area (Å²) in [5.41, 5.74) is 1.80. The van der Waals surface area contributed by atoms with Crippen molar-refractivity contribution in [3.05, 3.63) is 108 Å². The number of hydrogen-bond donors (Lipinski definition) is 2. The van der Waals surface area contributed by atoms with Crippen molar-refractivity contribution in [1.82, 2.24) is 5.32 Å². The molecule has 0 aliphatic rings. The van der Waals surface area contributed by atoms with Gasteiger partial charge in [0.15, 0.2) is 0 Å². The van der Waals surface area contributed by atoms with Crippen molar-refractivity contribution < 1.29 is 9.53 Å². The first-order valence-corrected chi connectivity index (χ1v) is 10.8. The molecule has 1 N–H and O–H groups in total. The Kier molecular flexibility index (Phi) is 7.01. The molecule has 3 aromatic carbocycles. The Morgan fingerprint density at radius 2 is 1.17 bits per heavy atom. The summed E-state index contributed by atoms with van der Waals surface area (Å²) >= 11 is 4.49. The van der Waals surface area contributed by atoms with Crippen molar-refractivity contribution in [2.75, 3.05) is 5.75 Å². The molecule has 0 heterocycles.